The molecule has 2 rings (SSSR count). The van der Waals surface area contributed by atoms with Gasteiger partial charge in [0.1, 0.15) is 6.04 Å². The number of piperazine rings is 1. The molecule has 0 spiro atoms. The van der Waals surface area contributed by atoms with Crippen molar-refractivity contribution in [3.8, 4) is 0 Å². The maximum absolute atomic E-state index is 11.8. The molecule has 6 nitrogen and oxygen atoms in total. The number of hydrogen-bond donors (Lipinski definition) is 1. The van der Waals surface area contributed by atoms with Crippen molar-refractivity contribution in [1.82, 2.24) is 10.2 Å². The standard InChI is InChI=1S/C15H18N2O4/c1-2-21-15(20)12-10-17(14(19)13(18)16-12)9-8-11-6-4-3-5-7-11/h3-7,12H,2,8-10H2,1H3,(H,16,18). The van der Waals surface area contributed by atoms with Gasteiger partial charge in [0.25, 0.3) is 0 Å². The number of rotatable bonds is 5. The van der Waals surface area contributed by atoms with Crippen LogP contribution in [0.25, 0.3) is 0 Å². The van der Waals surface area contributed by atoms with Gasteiger partial charge in [-0.1, -0.05) is 30.3 Å². The summed E-state index contributed by atoms with van der Waals surface area (Å²) in [4.78, 5) is 36.6. The molecule has 1 aromatic rings. The van der Waals surface area contributed by atoms with E-state index in [2.05, 4.69) is 5.32 Å². The molecule has 1 N–H and O–H groups in total. The van der Waals surface area contributed by atoms with Crippen LogP contribution in [0, 0.1) is 0 Å². The molecular formula is C15H18N2O4. The van der Waals surface area contributed by atoms with Gasteiger partial charge in [0.15, 0.2) is 0 Å². The fourth-order valence-electron chi connectivity index (χ4n) is 2.19. The second-order valence-electron chi connectivity index (χ2n) is 4.76. The zero-order valence-corrected chi connectivity index (χ0v) is 11.9. The molecule has 1 atom stereocenters. The molecular weight excluding hydrogens is 272 g/mol. The van der Waals surface area contributed by atoms with E-state index in [0.717, 1.165) is 5.56 Å². The van der Waals surface area contributed by atoms with Crippen LogP contribution in [0.1, 0.15) is 12.5 Å². The summed E-state index contributed by atoms with van der Waals surface area (Å²) in [6, 6.07) is 8.88. The maximum atomic E-state index is 11.8. The number of nitrogens with zero attached hydrogens (tertiary/aromatic N) is 1. The molecule has 2 amide bonds. The molecule has 0 bridgehead atoms. The molecule has 6 heteroatoms. The van der Waals surface area contributed by atoms with Crippen LogP contribution in [0.5, 0.6) is 0 Å². The van der Waals surface area contributed by atoms with Crippen LogP contribution in [-0.4, -0.2) is 48.4 Å². The predicted molar refractivity (Wildman–Crippen MR) is 75.3 cm³/mol. The van der Waals surface area contributed by atoms with Gasteiger partial charge in [-0.2, -0.15) is 0 Å². The van der Waals surface area contributed by atoms with E-state index in [1.807, 2.05) is 30.3 Å². The Morgan fingerprint density at radius 3 is 2.71 bits per heavy atom. The summed E-state index contributed by atoms with van der Waals surface area (Å²) in [5, 5.41) is 2.37. The van der Waals surface area contributed by atoms with E-state index in [-0.39, 0.29) is 13.2 Å². The number of benzene rings is 1. The van der Waals surface area contributed by atoms with Crippen molar-refractivity contribution in [2.24, 2.45) is 0 Å². The van der Waals surface area contributed by atoms with Crippen LogP contribution in [0.15, 0.2) is 30.3 Å². The highest BCUT2D eigenvalue weighted by atomic mass is 16.5. The highest BCUT2D eigenvalue weighted by Gasteiger charge is 2.36. The van der Waals surface area contributed by atoms with Crippen LogP contribution >= 0.6 is 0 Å². The van der Waals surface area contributed by atoms with Crippen LogP contribution < -0.4 is 5.32 Å². The Morgan fingerprint density at radius 2 is 2.05 bits per heavy atom. The van der Waals surface area contributed by atoms with Gasteiger partial charge >= 0.3 is 17.8 Å². The summed E-state index contributed by atoms with van der Waals surface area (Å²) in [7, 11) is 0. The third-order valence-corrected chi connectivity index (χ3v) is 3.27. The van der Waals surface area contributed by atoms with E-state index < -0.39 is 23.8 Å². The van der Waals surface area contributed by atoms with E-state index in [9.17, 15) is 14.4 Å². The summed E-state index contributed by atoms with van der Waals surface area (Å²) >= 11 is 0. The average Bonchev–Trinajstić information content (AvgIpc) is 2.50. The first-order valence-corrected chi connectivity index (χ1v) is 6.92. The second kappa shape index (κ2) is 6.88. The molecule has 0 aromatic heterocycles. The first-order valence-electron chi connectivity index (χ1n) is 6.92. The van der Waals surface area contributed by atoms with Gasteiger partial charge in [0, 0.05) is 6.54 Å². The second-order valence-corrected chi connectivity index (χ2v) is 4.76. The molecule has 0 radical (unpaired) electrons. The smallest absolute Gasteiger partial charge is 0.330 e. The lowest BCUT2D eigenvalue weighted by Crippen LogP contribution is -2.60. The number of amides is 2. The van der Waals surface area contributed by atoms with E-state index in [0.29, 0.717) is 13.0 Å². The van der Waals surface area contributed by atoms with Crippen molar-refractivity contribution in [3.05, 3.63) is 35.9 Å². The van der Waals surface area contributed by atoms with Crippen molar-refractivity contribution in [2.45, 2.75) is 19.4 Å². The lowest BCUT2D eigenvalue weighted by Gasteiger charge is -2.31. The van der Waals surface area contributed by atoms with Crippen LogP contribution in [0.2, 0.25) is 0 Å². The fourth-order valence-corrected chi connectivity index (χ4v) is 2.19. The maximum Gasteiger partial charge on any atom is 0.330 e. The molecule has 21 heavy (non-hydrogen) atoms. The van der Waals surface area contributed by atoms with E-state index in [1.165, 1.54) is 4.90 Å². The number of carbonyl (C=O) groups is 3. The van der Waals surface area contributed by atoms with Gasteiger partial charge in [-0.15, -0.1) is 0 Å². The Labute approximate surface area is 123 Å². The zero-order chi connectivity index (χ0) is 15.2. The molecule has 1 unspecified atom stereocenters. The highest BCUT2D eigenvalue weighted by Crippen LogP contribution is 2.07. The third kappa shape index (κ3) is 3.81. The largest absolute Gasteiger partial charge is 0.464 e. The Kier molecular flexibility index (Phi) is 4.92. The van der Waals surface area contributed by atoms with Crippen molar-refractivity contribution >= 4 is 17.8 Å². The lowest BCUT2D eigenvalue weighted by molar-refractivity contribution is -0.156. The first-order chi connectivity index (χ1) is 10.1. The summed E-state index contributed by atoms with van der Waals surface area (Å²) < 4.78 is 4.88. The van der Waals surface area contributed by atoms with Gasteiger partial charge in [0.05, 0.1) is 13.2 Å². The molecule has 1 saturated heterocycles. The first kappa shape index (κ1) is 15.0. The number of nitrogens with one attached hydrogen (secondary N) is 1. The Morgan fingerprint density at radius 1 is 1.33 bits per heavy atom. The number of hydrogen-bond acceptors (Lipinski definition) is 4. The Bertz CT molecular complexity index is 530. The van der Waals surface area contributed by atoms with E-state index in [4.69, 9.17) is 4.74 Å². The fraction of sp³-hybridized carbons (Fsp3) is 0.400. The van der Waals surface area contributed by atoms with Crippen LogP contribution in [-0.2, 0) is 25.5 Å². The molecule has 1 aromatic carbocycles. The van der Waals surface area contributed by atoms with Crippen molar-refractivity contribution in [3.63, 3.8) is 0 Å². The Hall–Kier alpha value is -2.37. The highest BCUT2D eigenvalue weighted by molar-refractivity contribution is 6.36. The normalized spacial score (nSPS) is 18.3. The van der Waals surface area contributed by atoms with Crippen LogP contribution in [0.4, 0.5) is 0 Å². The average molecular weight is 290 g/mol. The molecule has 1 heterocycles. The van der Waals surface area contributed by atoms with Gasteiger partial charge in [-0.3, -0.25) is 9.59 Å². The number of carbonyl (C=O) groups excluding carboxylic acids is 3. The SMILES string of the molecule is CCOC(=O)C1CN(CCc2ccccc2)C(=O)C(=O)N1. The predicted octanol–water partition coefficient (Wildman–Crippen LogP) is 0.119. The third-order valence-electron chi connectivity index (χ3n) is 3.27. The summed E-state index contributed by atoms with van der Waals surface area (Å²) in [6.45, 7) is 2.48. The van der Waals surface area contributed by atoms with Crippen molar-refractivity contribution in [2.75, 3.05) is 19.7 Å². The van der Waals surface area contributed by atoms with E-state index in [1.54, 1.807) is 6.92 Å². The number of esters is 1. The minimum absolute atomic E-state index is 0.149. The minimum Gasteiger partial charge on any atom is -0.464 e. The van der Waals surface area contributed by atoms with Crippen molar-refractivity contribution in [1.29, 1.82) is 0 Å². The monoisotopic (exact) mass is 290 g/mol. The summed E-state index contributed by atoms with van der Waals surface area (Å²) in [6.07, 6.45) is 0.634. The molecule has 1 fully saturated rings. The lowest BCUT2D eigenvalue weighted by atomic mass is 10.1. The zero-order valence-electron chi connectivity index (χ0n) is 11.9. The summed E-state index contributed by atoms with van der Waals surface area (Å²) in [5.41, 5.74) is 1.07. The quantitative estimate of drug-likeness (QED) is 0.617. The van der Waals surface area contributed by atoms with Gasteiger partial charge in [0.2, 0.25) is 0 Å². The molecule has 1 aliphatic rings. The molecule has 0 saturated carbocycles. The molecule has 112 valence electrons. The van der Waals surface area contributed by atoms with Crippen LogP contribution in [0.3, 0.4) is 0 Å². The molecule has 0 aliphatic carbocycles. The number of ether oxygens (including phenoxy) is 1. The minimum atomic E-state index is -0.786. The topological polar surface area (TPSA) is 75.7 Å². The van der Waals surface area contributed by atoms with Gasteiger partial charge in [-0.05, 0) is 18.9 Å². The van der Waals surface area contributed by atoms with Gasteiger partial charge < -0.3 is 15.0 Å². The summed E-state index contributed by atoms with van der Waals surface area (Å²) in [5.74, 6) is -1.87. The Balaban J connectivity index is 1.98. The molecule has 1 aliphatic heterocycles. The van der Waals surface area contributed by atoms with Gasteiger partial charge in [-0.25, -0.2) is 4.79 Å². The van der Waals surface area contributed by atoms with E-state index >= 15 is 0 Å². The van der Waals surface area contributed by atoms with Crippen molar-refractivity contribution < 1.29 is 19.1 Å².